The highest BCUT2D eigenvalue weighted by Gasteiger charge is 2.11. The van der Waals surface area contributed by atoms with Crippen LogP contribution in [0.25, 0.3) is 11.0 Å². The Morgan fingerprint density at radius 3 is 2.86 bits per heavy atom. The van der Waals surface area contributed by atoms with Crippen LogP contribution < -0.4 is 5.32 Å². The van der Waals surface area contributed by atoms with Gasteiger partial charge in [-0.25, -0.2) is 4.98 Å². The van der Waals surface area contributed by atoms with Gasteiger partial charge in [-0.15, -0.1) is 0 Å². The largest absolute Gasteiger partial charge is 0.333 e. The first-order valence-electron chi connectivity index (χ1n) is 6.88. The van der Waals surface area contributed by atoms with E-state index in [1.807, 2.05) is 36.4 Å². The number of H-pyrrole nitrogens is 1. The third-order valence-electron chi connectivity index (χ3n) is 3.18. The molecule has 3 rings (SSSR count). The van der Waals surface area contributed by atoms with Crippen LogP contribution in [-0.2, 0) is 6.54 Å². The Bertz CT molecular complexity index is 721. The van der Waals surface area contributed by atoms with E-state index in [-0.39, 0.29) is 0 Å². The first-order chi connectivity index (χ1) is 10.3. The predicted molar refractivity (Wildman–Crippen MR) is 89.0 cm³/mol. The average molecular weight is 318 g/mol. The Hall–Kier alpha value is -1.49. The molecule has 3 nitrogen and oxygen atoms in total. The lowest BCUT2D eigenvalue weighted by Gasteiger charge is -2.10. The van der Waals surface area contributed by atoms with Gasteiger partial charge in [-0.05, 0) is 42.1 Å². The van der Waals surface area contributed by atoms with Crippen molar-refractivity contribution < 1.29 is 0 Å². The van der Waals surface area contributed by atoms with Gasteiger partial charge in [0.1, 0.15) is 0 Å². The SMILES string of the molecule is CCNCc1cccc(Cl)c1Sc1nc2ccccc2[nH]1. The average Bonchev–Trinajstić information content (AvgIpc) is 2.90. The van der Waals surface area contributed by atoms with Crippen molar-refractivity contribution in [2.45, 2.75) is 23.5 Å². The summed E-state index contributed by atoms with van der Waals surface area (Å²) in [6.07, 6.45) is 0. The zero-order valence-corrected chi connectivity index (χ0v) is 13.3. The van der Waals surface area contributed by atoms with E-state index in [1.165, 1.54) is 5.56 Å². The molecule has 0 radical (unpaired) electrons. The first-order valence-corrected chi connectivity index (χ1v) is 8.08. The number of benzene rings is 2. The van der Waals surface area contributed by atoms with Crippen LogP contribution in [-0.4, -0.2) is 16.5 Å². The summed E-state index contributed by atoms with van der Waals surface area (Å²) in [6.45, 7) is 3.83. The molecule has 0 bridgehead atoms. The number of halogens is 1. The summed E-state index contributed by atoms with van der Waals surface area (Å²) in [5, 5.41) is 4.97. The molecular formula is C16H16ClN3S. The molecule has 0 saturated heterocycles. The van der Waals surface area contributed by atoms with Gasteiger partial charge in [0.05, 0.1) is 16.1 Å². The number of aromatic amines is 1. The van der Waals surface area contributed by atoms with Crippen molar-refractivity contribution >= 4 is 34.4 Å². The molecule has 0 unspecified atom stereocenters. The number of hydrogen-bond donors (Lipinski definition) is 2. The third kappa shape index (κ3) is 3.23. The minimum absolute atomic E-state index is 0.760. The molecule has 2 N–H and O–H groups in total. The number of aromatic nitrogens is 2. The van der Waals surface area contributed by atoms with E-state index in [9.17, 15) is 0 Å². The van der Waals surface area contributed by atoms with Crippen molar-refractivity contribution in [3.05, 3.63) is 53.1 Å². The number of nitrogens with zero attached hydrogens (tertiary/aromatic N) is 1. The zero-order valence-electron chi connectivity index (χ0n) is 11.7. The lowest BCUT2D eigenvalue weighted by atomic mass is 10.2. The fourth-order valence-corrected chi connectivity index (χ4v) is 3.39. The molecule has 1 aromatic heterocycles. The summed E-state index contributed by atoms with van der Waals surface area (Å²) in [7, 11) is 0. The van der Waals surface area contributed by atoms with E-state index in [4.69, 9.17) is 11.6 Å². The Morgan fingerprint density at radius 2 is 2.05 bits per heavy atom. The van der Waals surface area contributed by atoms with Crippen molar-refractivity contribution in [2.75, 3.05) is 6.54 Å². The summed E-state index contributed by atoms with van der Waals surface area (Å²) in [6, 6.07) is 14.0. The molecule has 21 heavy (non-hydrogen) atoms. The molecule has 0 saturated carbocycles. The molecule has 108 valence electrons. The summed E-state index contributed by atoms with van der Waals surface area (Å²) >= 11 is 7.95. The second kappa shape index (κ2) is 6.52. The van der Waals surface area contributed by atoms with Crippen LogP contribution in [0.2, 0.25) is 5.02 Å². The summed E-state index contributed by atoms with van der Waals surface area (Å²) in [4.78, 5) is 8.98. The van der Waals surface area contributed by atoms with E-state index in [0.29, 0.717) is 0 Å². The van der Waals surface area contributed by atoms with Crippen LogP contribution in [0.3, 0.4) is 0 Å². The van der Waals surface area contributed by atoms with Gasteiger partial charge in [-0.3, -0.25) is 0 Å². The Morgan fingerprint density at radius 1 is 1.19 bits per heavy atom. The maximum atomic E-state index is 6.37. The molecule has 0 spiro atoms. The van der Waals surface area contributed by atoms with Crippen molar-refractivity contribution in [3.63, 3.8) is 0 Å². The van der Waals surface area contributed by atoms with Gasteiger partial charge >= 0.3 is 0 Å². The van der Waals surface area contributed by atoms with Crippen LogP contribution >= 0.6 is 23.4 Å². The maximum Gasteiger partial charge on any atom is 0.171 e. The molecule has 0 fully saturated rings. The standard InChI is InChI=1S/C16H16ClN3S/c1-2-18-10-11-6-5-7-12(17)15(11)21-16-19-13-8-3-4-9-14(13)20-16/h3-9,18H,2,10H2,1H3,(H,19,20). The molecule has 0 aliphatic heterocycles. The van der Waals surface area contributed by atoms with E-state index in [0.717, 1.165) is 39.2 Å². The van der Waals surface area contributed by atoms with E-state index >= 15 is 0 Å². The lowest BCUT2D eigenvalue weighted by Crippen LogP contribution is -2.12. The first kappa shape index (κ1) is 14.4. The van der Waals surface area contributed by atoms with Crippen LogP contribution in [0.1, 0.15) is 12.5 Å². The Balaban J connectivity index is 1.93. The van der Waals surface area contributed by atoms with Crippen LogP contribution in [0.5, 0.6) is 0 Å². The summed E-state index contributed by atoms with van der Waals surface area (Å²) < 4.78 is 0. The van der Waals surface area contributed by atoms with Gasteiger partial charge in [0.15, 0.2) is 5.16 Å². The van der Waals surface area contributed by atoms with Gasteiger partial charge < -0.3 is 10.3 Å². The smallest absolute Gasteiger partial charge is 0.171 e. The van der Waals surface area contributed by atoms with E-state index in [2.05, 4.69) is 28.3 Å². The van der Waals surface area contributed by atoms with Crippen molar-refractivity contribution in [2.24, 2.45) is 0 Å². The molecule has 0 aliphatic rings. The second-order valence-electron chi connectivity index (χ2n) is 4.67. The summed E-state index contributed by atoms with van der Waals surface area (Å²) in [5.74, 6) is 0. The van der Waals surface area contributed by atoms with E-state index in [1.54, 1.807) is 11.8 Å². The third-order valence-corrected chi connectivity index (χ3v) is 4.68. The van der Waals surface area contributed by atoms with Gasteiger partial charge in [0.2, 0.25) is 0 Å². The minimum atomic E-state index is 0.760. The van der Waals surface area contributed by atoms with Crippen LogP contribution in [0.15, 0.2) is 52.5 Å². The highest BCUT2D eigenvalue weighted by atomic mass is 35.5. The number of imidazole rings is 1. The van der Waals surface area contributed by atoms with Gasteiger partial charge in [-0.1, -0.05) is 42.8 Å². The molecule has 0 aliphatic carbocycles. The molecule has 5 heteroatoms. The molecule has 1 heterocycles. The van der Waals surface area contributed by atoms with Crippen LogP contribution in [0.4, 0.5) is 0 Å². The second-order valence-corrected chi connectivity index (χ2v) is 6.08. The Kier molecular flexibility index (Phi) is 4.48. The van der Waals surface area contributed by atoms with Gasteiger partial charge in [0, 0.05) is 11.4 Å². The normalized spacial score (nSPS) is 11.1. The zero-order chi connectivity index (χ0) is 14.7. The highest BCUT2D eigenvalue weighted by molar-refractivity contribution is 7.99. The van der Waals surface area contributed by atoms with Crippen LogP contribution in [0, 0.1) is 0 Å². The fraction of sp³-hybridized carbons (Fsp3) is 0.188. The molecule has 2 aromatic carbocycles. The van der Waals surface area contributed by atoms with E-state index < -0.39 is 0 Å². The Labute approximate surface area is 133 Å². The summed E-state index contributed by atoms with van der Waals surface area (Å²) in [5.41, 5.74) is 3.20. The fourth-order valence-electron chi connectivity index (χ4n) is 2.14. The van der Waals surface area contributed by atoms with Gasteiger partial charge in [0.25, 0.3) is 0 Å². The number of fused-ring (bicyclic) bond motifs is 1. The molecule has 0 atom stereocenters. The van der Waals surface area contributed by atoms with Crippen molar-refractivity contribution in [3.8, 4) is 0 Å². The predicted octanol–water partition coefficient (Wildman–Crippen LogP) is 4.48. The number of hydrogen-bond acceptors (Lipinski definition) is 3. The van der Waals surface area contributed by atoms with Crippen molar-refractivity contribution in [1.29, 1.82) is 0 Å². The number of para-hydroxylation sites is 2. The number of nitrogens with one attached hydrogen (secondary N) is 2. The molecule has 3 aromatic rings. The number of rotatable bonds is 5. The van der Waals surface area contributed by atoms with Gasteiger partial charge in [-0.2, -0.15) is 0 Å². The molecular weight excluding hydrogens is 302 g/mol. The van der Waals surface area contributed by atoms with Crippen molar-refractivity contribution in [1.82, 2.24) is 15.3 Å². The topological polar surface area (TPSA) is 40.7 Å². The highest BCUT2D eigenvalue weighted by Crippen LogP contribution is 2.35. The minimum Gasteiger partial charge on any atom is -0.333 e. The molecule has 0 amide bonds. The maximum absolute atomic E-state index is 6.37. The lowest BCUT2D eigenvalue weighted by molar-refractivity contribution is 0.718. The monoisotopic (exact) mass is 317 g/mol. The quantitative estimate of drug-likeness (QED) is 0.729.